The molecule has 0 aromatic carbocycles. The molecule has 0 aliphatic heterocycles. The third kappa shape index (κ3) is 2.66. The van der Waals surface area contributed by atoms with Crippen LogP contribution >= 0.6 is 11.6 Å². The van der Waals surface area contributed by atoms with E-state index in [1.54, 1.807) is 0 Å². The Bertz CT molecular complexity index is 354. The highest BCUT2D eigenvalue weighted by molar-refractivity contribution is 6.34. The minimum absolute atomic E-state index is 0.189. The SMILES string of the molecule is Cc1cc(OC(F)(F)F)c(Cl)c(N)n1. The van der Waals surface area contributed by atoms with Crippen LogP contribution in [0.2, 0.25) is 5.02 Å². The minimum atomic E-state index is -4.79. The smallest absolute Gasteiger partial charge is 0.404 e. The number of hydrogen-bond donors (Lipinski definition) is 1. The number of ether oxygens (including phenoxy) is 1. The summed E-state index contributed by atoms with van der Waals surface area (Å²) in [5, 5.41) is -0.340. The first kappa shape index (κ1) is 10.9. The normalized spacial score (nSPS) is 11.5. The number of aryl methyl sites for hydroxylation is 1. The molecule has 78 valence electrons. The zero-order valence-corrected chi connectivity index (χ0v) is 7.78. The summed E-state index contributed by atoms with van der Waals surface area (Å²) in [5.41, 5.74) is 5.55. The van der Waals surface area contributed by atoms with Crippen molar-refractivity contribution in [3.63, 3.8) is 0 Å². The number of halogens is 4. The molecule has 0 amide bonds. The lowest BCUT2D eigenvalue weighted by atomic mass is 10.3. The molecule has 0 bridgehead atoms. The zero-order valence-electron chi connectivity index (χ0n) is 7.02. The van der Waals surface area contributed by atoms with Crippen molar-refractivity contribution >= 4 is 17.4 Å². The second-order valence-electron chi connectivity index (χ2n) is 2.51. The summed E-state index contributed by atoms with van der Waals surface area (Å²) >= 11 is 5.46. The van der Waals surface area contributed by atoms with E-state index in [0.29, 0.717) is 5.69 Å². The van der Waals surface area contributed by atoms with E-state index in [0.717, 1.165) is 6.07 Å². The minimum Gasteiger partial charge on any atom is -0.404 e. The van der Waals surface area contributed by atoms with Gasteiger partial charge >= 0.3 is 6.36 Å². The summed E-state index contributed by atoms with van der Waals surface area (Å²) in [5.74, 6) is -0.727. The summed E-state index contributed by atoms with van der Waals surface area (Å²) in [6.45, 7) is 1.48. The summed E-state index contributed by atoms with van der Waals surface area (Å²) in [6, 6.07) is 1.06. The van der Waals surface area contributed by atoms with E-state index in [-0.39, 0.29) is 10.8 Å². The van der Waals surface area contributed by atoms with Gasteiger partial charge in [-0.05, 0) is 6.92 Å². The Hall–Kier alpha value is -1.17. The van der Waals surface area contributed by atoms with Crippen molar-refractivity contribution in [1.82, 2.24) is 4.98 Å². The molecule has 2 N–H and O–H groups in total. The largest absolute Gasteiger partial charge is 0.573 e. The standard InChI is InChI=1S/C7H6ClF3N2O/c1-3-2-4(14-7(9,10)11)5(8)6(12)13-3/h2H,1H3,(H2,12,13). The lowest BCUT2D eigenvalue weighted by molar-refractivity contribution is -0.274. The van der Waals surface area contributed by atoms with Crippen LogP contribution in [0.4, 0.5) is 19.0 Å². The number of nitrogen functional groups attached to an aromatic ring is 1. The first-order valence-electron chi connectivity index (χ1n) is 3.48. The number of aromatic nitrogens is 1. The third-order valence-corrected chi connectivity index (χ3v) is 1.68. The number of nitrogens with two attached hydrogens (primary N) is 1. The summed E-state index contributed by atoms with van der Waals surface area (Å²) in [7, 11) is 0. The van der Waals surface area contributed by atoms with Crippen molar-refractivity contribution in [2.45, 2.75) is 13.3 Å². The molecule has 0 spiro atoms. The molecule has 0 saturated heterocycles. The van der Waals surface area contributed by atoms with Crippen LogP contribution in [0.25, 0.3) is 0 Å². The lowest BCUT2D eigenvalue weighted by Crippen LogP contribution is -2.18. The molecule has 0 aliphatic carbocycles. The van der Waals surface area contributed by atoms with Crippen molar-refractivity contribution in [2.75, 3.05) is 5.73 Å². The van der Waals surface area contributed by atoms with Crippen LogP contribution in [0.5, 0.6) is 5.75 Å². The maximum atomic E-state index is 11.8. The first-order chi connectivity index (χ1) is 6.29. The Balaban J connectivity index is 3.09. The molecule has 1 aromatic heterocycles. The molecule has 7 heteroatoms. The Labute approximate surface area is 82.6 Å². The van der Waals surface area contributed by atoms with Crippen LogP contribution < -0.4 is 10.5 Å². The molecule has 14 heavy (non-hydrogen) atoms. The fraction of sp³-hybridized carbons (Fsp3) is 0.286. The van der Waals surface area contributed by atoms with Gasteiger partial charge in [-0.25, -0.2) is 4.98 Å². The predicted molar refractivity (Wildman–Crippen MR) is 45.1 cm³/mol. The molecule has 0 atom stereocenters. The van der Waals surface area contributed by atoms with Crippen molar-refractivity contribution in [2.24, 2.45) is 0 Å². The average molecular weight is 227 g/mol. The van der Waals surface area contributed by atoms with E-state index in [4.69, 9.17) is 17.3 Å². The van der Waals surface area contributed by atoms with Gasteiger partial charge in [0.05, 0.1) is 0 Å². The molecule has 1 rings (SSSR count). The van der Waals surface area contributed by atoms with Crippen molar-refractivity contribution in [3.05, 3.63) is 16.8 Å². The van der Waals surface area contributed by atoms with E-state index < -0.39 is 12.1 Å². The predicted octanol–water partition coefficient (Wildman–Crippen LogP) is 2.52. The fourth-order valence-corrected chi connectivity index (χ4v) is 0.985. The molecule has 0 radical (unpaired) electrons. The summed E-state index contributed by atoms with van der Waals surface area (Å²) < 4.78 is 39.2. The van der Waals surface area contributed by atoms with Gasteiger partial charge in [-0.2, -0.15) is 0 Å². The maximum Gasteiger partial charge on any atom is 0.573 e. The Morgan fingerprint density at radius 2 is 2.07 bits per heavy atom. The van der Waals surface area contributed by atoms with E-state index in [1.165, 1.54) is 6.92 Å². The van der Waals surface area contributed by atoms with Gasteiger partial charge in [0.15, 0.2) is 5.75 Å². The number of pyridine rings is 1. The Morgan fingerprint density at radius 1 is 1.50 bits per heavy atom. The first-order valence-corrected chi connectivity index (χ1v) is 3.86. The fourth-order valence-electron chi connectivity index (χ4n) is 0.850. The van der Waals surface area contributed by atoms with Crippen LogP contribution in [-0.2, 0) is 0 Å². The van der Waals surface area contributed by atoms with Crippen molar-refractivity contribution in [1.29, 1.82) is 0 Å². The second kappa shape index (κ2) is 3.53. The van der Waals surface area contributed by atoms with Crippen LogP contribution in [0.15, 0.2) is 6.07 Å². The van der Waals surface area contributed by atoms with Crippen molar-refractivity contribution < 1.29 is 17.9 Å². The molecule has 0 unspecified atom stereocenters. The van der Waals surface area contributed by atoms with Gasteiger partial charge in [-0.1, -0.05) is 11.6 Å². The number of anilines is 1. The molecule has 1 heterocycles. The van der Waals surface area contributed by atoms with Gasteiger partial charge < -0.3 is 10.5 Å². The van der Waals surface area contributed by atoms with Crippen LogP contribution in [0.1, 0.15) is 5.69 Å². The van der Waals surface area contributed by atoms with E-state index in [1.807, 2.05) is 0 Å². The molecule has 0 fully saturated rings. The average Bonchev–Trinajstić information content (AvgIpc) is 1.96. The monoisotopic (exact) mass is 226 g/mol. The lowest BCUT2D eigenvalue weighted by Gasteiger charge is -2.11. The quantitative estimate of drug-likeness (QED) is 0.801. The second-order valence-corrected chi connectivity index (χ2v) is 2.89. The number of nitrogens with zero attached hydrogens (tertiary/aromatic N) is 1. The van der Waals surface area contributed by atoms with Crippen LogP contribution in [0, 0.1) is 6.92 Å². The topological polar surface area (TPSA) is 48.1 Å². The third-order valence-electron chi connectivity index (χ3n) is 1.30. The zero-order chi connectivity index (χ0) is 10.9. The molecule has 1 aromatic rings. The Kier molecular flexibility index (Phi) is 2.75. The Morgan fingerprint density at radius 3 is 2.57 bits per heavy atom. The van der Waals surface area contributed by atoms with E-state index in [2.05, 4.69) is 9.72 Å². The van der Waals surface area contributed by atoms with E-state index >= 15 is 0 Å². The van der Waals surface area contributed by atoms with E-state index in [9.17, 15) is 13.2 Å². The highest BCUT2D eigenvalue weighted by Crippen LogP contribution is 2.33. The van der Waals surface area contributed by atoms with Crippen LogP contribution in [-0.4, -0.2) is 11.3 Å². The van der Waals surface area contributed by atoms with Crippen molar-refractivity contribution in [3.8, 4) is 5.75 Å². The van der Waals surface area contributed by atoms with Gasteiger partial charge in [0.2, 0.25) is 0 Å². The molecular weight excluding hydrogens is 221 g/mol. The van der Waals surface area contributed by atoms with Gasteiger partial charge in [0.25, 0.3) is 0 Å². The van der Waals surface area contributed by atoms with Gasteiger partial charge in [0.1, 0.15) is 10.8 Å². The highest BCUT2D eigenvalue weighted by atomic mass is 35.5. The highest BCUT2D eigenvalue weighted by Gasteiger charge is 2.32. The maximum absolute atomic E-state index is 11.8. The number of alkyl halides is 3. The number of rotatable bonds is 1. The van der Waals surface area contributed by atoms with Gasteiger partial charge in [-0.15, -0.1) is 13.2 Å². The summed E-state index contributed by atoms with van der Waals surface area (Å²) in [6.07, 6.45) is -4.79. The molecule has 0 saturated carbocycles. The van der Waals surface area contributed by atoms with Gasteiger partial charge in [-0.3, -0.25) is 0 Å². The summed E-state index contributed by atoms with van der Waals surface area (Å²) in [4.78, 5) is 3.66. The number of hydrogen-bond acceptors (Lipinski definition) is 3. The van der Waals surface area contributed by atoms with Crippen LogP contribution in [0.3, 0.4) is 0 Å². The molecular formula is C7H6ClF3N2O. The molecule has 3 nitrogen and oxygen atoms in total. The van der Waals surface area contributed by atoms with Gasteiger partial charge in [0, 0.05) is 11.8 Å². The molecule has 0 aliphatic rings.